The van der Waals surface area contributed by atoms with Crippen molar-refractivity contribution in [2.45, 2.75) is 19.8 Å². The molecule has 0 amide bonds. The zero-order valence-electron chi connectivity index (χ0n) is 14.2. The van der Waals surface area contributed by atoms with Gasteiger partial charge in [-0.05, 0) is 29.2 Å². The van der Waals surface area contributed by atoms with Crippen LogP contribution in [0.4, 0.5) is 5.69 Å². The second-order valence-electron chi connectivity index (χ2n) is 5.82. The van der Waals surface area contributed by atoms with Crippen molar-refractivity contribution in [3.05, 3.63) is 69.3 Å². The molecule has 6 heteroatoms. The summed E-state index contributed by atoms with van der Waals surface area (Å²) in [5.74, 6) is -0.405. The first-order valence-electron chi connectivity index (χ1n) is 7.71. The molecular weight excluding hydrogens is 322 g/mol. The van der Waals surface area contributed by atoms with Gasteiger partial charge in [0.15, 0.2) is 11.5 Å². The highest BCUT2D eigenvalue weighted by molar-refractivity contribution is 6.06. The minimum atomic E-state index is -0.707. The summed E-state index contributed by atoms with van der Waals surface area (Å²) >= 11 is 0. The quantitative estimate of drug-likeness (QED) is 0.365. The zero-order valence-corrected chi connectivity index (χ0v) is 14.2. The topological polar surface area (TPSA) is 89.7 Å². The van der Waals surface area contributed by atoms with Crippen molar-refractivity contribution in [1.29, 1.82) is 0 Å². The van der Waals surface area contributed by atoms with Gasteiger partial charge in [-0.15, -0.1) is 0 Å². The van der Waals surface area contributed by atoms with Gasteiger partial charge in [-0.1, -0.05) is 44.2 Å². The molecule has 2 aromatic carbocycles. The van der Waals surface area contributed by atoms with E-state index in [2.05, 4.69) is 13.8 Å². The monoisotopic (exact) mass is 341 g/mol. The number of carbonyl (C=O) groups excluding carboxylic acids is 1. The van der Waals surface area contributed by atoms with Crippen molar-refractivity contribution in [2.24, 2.45) is 0 Å². The Morgan fingerprint density at radius 2 is 1.88 bits per heavy atom. The average molecular weight is 341 g/mol. The average Bonchev–Trinajstić information content (AvgIpc) is 2.60. The molecule has 0 bridgehead atoms. The van der Waals surface area contributed by atoms with E-state index in [1.54, 1.807) is 12.1 Å². The Morgan fingerprint density at radius 3 is 2.40 bits per heavy atom. The van der Waals surface area contributed by atoms with Crippen LogP contribution in [0.25, 0.3) is 6.08 Å². The Balaban J connectivity index is 2.27. The summed E-state index contributed by atoms with van der Waals surface area (Å²) in [6.45, 7) is 4.14. The molecule has 0 fully saturated rings. The Kier molecular flexibility index (Phi) is 5.54. The molecule has 0 saturated heterocycles. The molecule has 0 aromatic heterocycles. The summed E-state index contributed by atoms with van der Waals surface area (Å²) in [6.07, 6.45) is 2.79. The van der Waals surface area contributed by atoms with E-state index < -0.39 is 16.4 Å². The molecule has 2 aromatic rings. The Hall–Kier alpha value is -3.15. The Labute approximate surface area is 145 Å². The lowest BCUT2D eigenvalue weighted by Crippen LogP contribution is -1.96. The minimum absolute atomic E-state index is 0.0254. The largest absolute Gasteiger partial charge is 0.500 e. The molecule has 6 nitrogen and oxygen atoms in total. The highest BCUT2D eigenvalue weighted by atomic mass is 16.6. The van der Waals surface area contributed by atoms with Crippen molar-refractivity contribution in [3.8, 4) is 11.5 Å². The summed E-state index contributed by atoms with van der Waals surface area (Å²) in [6, 6.07) is 9.92. The number of phenols is 1. The minimum Gasteiger partial charge on any atom is -0.500 e. The van der Waals surface area contributed by atoms with Gasteiger partial charge in [0.05, 0.1) is 12.0 Å². The Bertz CT molecular complexity index is 822. The van der Waals surface area contributed by atoms with Crippen LogP contribution < -0.4 is 4.74 Å². The number of nitro benzene ring substituents is 1. The summed E-state index contributed by atoms with van der Waals surface area (Å²) < 4.78 is 4.93. The number of benzene rings is 2. The molecule has 0 aliphatic heterocycles. The van der Waals surface area contributed by atoms with E-state index in [1.807, 2.05) is 12.1 Å². The van der Waals surface area contributed by atoms with Crippen LogP contribution in [-0.4, -0.2) is 22.9 Å². The third kappa shape index (κ3) is 4.23. The zero-order chi connectivity index (χ0) is 18.6. The molecule has 0 heterocycles. The molecule has 1 N–H and O–H groups in total. The lowest BCUT2D eigenvalue weighted by atomic mass is 10.0. The fraction of sp³-hybridized carbons (Fsp3) is 0.211. The van der Waals surface area contributed by atoms with E-state index >= 15 is 0 Å². The van der Waals surface area contributed by atoms with E-state index in [0.29, 0.717) is 17.0 Å². The number of rotatable bonds is 6. The van der Waals surface area contributed by atoms with Crippen molar-refractivity contribution in [1.82, 2.24) is 0 Å². The van der Waals surface area contributed by atoms with Crippen molar-refractivity contribution in [3.63, 3.8) is 0 Å². The van der Waals surface area contributed by atoms with Crippen LogP contribution in [0, 0.1) is 10.1 Å². The summed E-state index contributed by atoms with van der Waals surface area (Å²) in [4.78, 5) is 22.5. The first-order valence-corrected chi connectivity index (χ1v) is 7.71. The molecule has 130 valence electrons. The van der Waals surface area contributed by atoms with E-state index in [0.717, 1.165) is 5.56 Å². The SMILES string of the molecule is COc1cc(/C=C/C(=O)c2ccc(C(C)C)cc2)cc([N+](=O)[O-])c1O. The third-order valence-corrected chi connectivity index (χ3v) is 3.78. The van der Waals surface area contributed by atoms with Crippen LogP contribution in [0.5, 0.6) is 11.5 Å². The van der Waals surface area contributed by atoms with Gasteiger partial charge in [0.25, 0.3) is 0 Å². The van der Waals surface area contributed by atoms with Crippen LogP contribution in [0.1, 0.15) is 41.3 Å². The second-order valence-corrected chi connectivity index (χ2v) is 5.82. The van der Waals surface area contributed by atoms with Crippen molar-refractivity contribution < 1.29 is 19.6 Å². The predicted octanol–water partition coefficient (Wildman–Crippen LogP) is 4.33. The van der Waals surface area contributed by atoms with Gasteiger partial charge in [0.2, 0.25) is 5.75 Å². The van der Waals surface area contributed by atoms with Gasteiger partial charge >= 0.3 is 5.69 Å². The number of aromatic hydroxyl groups is 1. The number of allylic oxidation sites excluding steroid dienone is 1. The highest BCUT2D eigenvalue weighted by Crippen LogP contribution is 2.37. The molecule has 0 saturated carbocycles. The second kappa shape index (κ2) is 7.61. The number of carbonyl (C=O) groups is 1. The lowest BCUT2D eigenvalue weighted by Gasteiger charge is -2.06. The first kappa shape index (κ1) is 18.2. The van der Waals surface area contributed by atoms with Gasteiger partial charge in [-0.25, -0.2) is 0 Å². The van der Waals surface area contributed by atoms with Gasteiger partial charge in [0.1, 0.15) is 0 Å². The number of phenolic OH excluding ortho intramolecular Hbond substituents is 1. The summed E-state index contributed by atoms with van der Waals surface area (Å²) in [5.41, 5.74) is 1.57. The van der Waals surface area contributed by atoms with Crippen LogP contribution in [0.3, 0.4) is 0 Å². The molecule has 0 atom stereocenters. The fourth-order valence-corrected chi connectivity index (χ4v) is 2.31. The molecule has 0 aliphatic carbocycles. The van der Waals surface area contributed by atoms with Gasteiger partial charge in [0, 0.05) is 11.6 Å². The normalized spacial score (nSPS) is 11.0. The van der Waals surface area contributed by atoms with Crippen LogP contribution in [0.15, 0.2) is 42.5 Å². The first-order chi connectivity index (χ1) is 11.8. The molecule has 0 aliphatic rings. The van der Waals surface area contributed by atoms with Crippen molar-refractivity contribution in [2.75, 3.05) is 7.11 Å². The van der Waals surface area contributed by atoms with E-state index in [9.17, 15) is 20.0 Å². The smallest absolute Gasteiger partial charge is 0.315 e. The third-order valence-electron chi connectivity index (χ3n) is 3.78. The standard InChI is InChI=1S/C19H19NO5/c1-12(2)14-5-7-15(8-6-14)17(21)9-4-13-10-16(20(23)24)19(22)18(11-13)25-3/h4-12,22H,1-3H3/b9-4+. The Morgan fingerprint density at radius 1 is 1.24 bits per heavy atom. The number of ketones is 1. The molecule has 25 heavy (non-hydrogen) atoms. The molecule has 0 unspecified atom stereocenters. The predicted molar refractivity (Wildman–Crippen MR) is 95.2 cm³/mol. The summed E-state index contributed by atoms with van der Waals surface area (Å²) in [5, 5.41) is 20.7. The van der Waals surface area contributed by atoms with E-state index in [4.69, 9.17) is 4.74 Å². The molecule has 0 radical (unpaired) electrons. The maximum atomic E-state index is 12.2. The van der Waals surface area contributed by atoms with E-state index in [-0.39, 0.29) is 11.5 Å². The lowest BCUT2D eigenvalue weighted by molar-refractivity contribution is -0.386. The van der Waals surface area contributed by atoms with Crippen molar-refractivity contribution >= 4 is 17.5 Å². The highest BCUT2D eigenvalue weighted by Gasteiger charge is 2.19. The van der Waals surface area contributed by atoms with Crippen LogP contribution in [-0.2, 0) is 0 Å². The number of hydrogen-bond acceptors (Lipinski definition) is 5. The number of nitro groups is 1. The number of nitrogens with zero attached hydrogens (tertiary/aromatic N) is 1. The summed E-state index contributed by atoms with van der Waals surface area (Å²) in [7, 11) is 1.30. The van der Waals surface area contributed by atoms with Gasteiger partial charge in [-0.3, -0.25) is 14.9 Å². The fourth-order valence-electron chi connectivity index (χ4n) is 2.31. The van der Waals surface area contributed by atoms with Gasteiger partial charge < -0.3 is 9.84 Å². The molecule has 2 rings (SSSR count). The molecular formula is C19H19NO5. The van der Waals surface area contributed by atoms with Crippen LogP contribution >= 0.6 is 0 Å². The molecule has 0 spiro atoms. The van der Waals surface area contributed by atoms with Gasteiger partial charge in [-0.2, -0.15) is 0 Å². The number of ether oxygens (including phenoxy) is 1. The maximum absolute atomic E-state index is 12.2. The van der Waals surface area contributed by atoms with E-state index in [1.165, 1.54) is 31.4 Å². The number of methoxy groups -OCH3 is 1. The van der Waals surface area contributed by atoms with Crippen LogP contribution in [0.2, 0.25) is 0 Å². The number of hydrogen-bond donors (Lipinski definition) is 1. The maximum Gasteiger partial charge on any atom is 0.315 e.